The summed E-state index contributed by atoms with van der Waals surface area (Å²) in [5.74, 6) is -0.375. The van der Waals surface area contributed by atoms with Crippen LogP contribution in [-0.2, 0) is 9.53 Å². The average molecular weight is 367 g/mol. The van der Waals surface area contributed by atoms with Crippen molar-refractivity contribution >= 4 is 23.7 Å². The maximum atomic E-state index is 12.6. The molecule has 7 heteroatoms. The lowest BCUT2D eigenvalue weighted by molar-refractivity contribution is -0.119. The number of ketones is 1. The van der Waals surface area contributed by atoms with Gasteiger partial charge in [-0.25, -0.2) is 4.79 Å². The van der Waals surface area contributed by atoms with Gasteiger partial charge in [-0.1, -0.05) is 12.1 Å². The van der Waals surface area contributed by atoms with Gasteiger partial charge in [0.05, 0.1) is 18.2 Å². The smallest absolute Gasteiger partial charge is 0.337 e. The lowest BCUT2D eigenvalue weighted by atomic mass is 10.0. The Morgan fingerprint density at radius 3 is 2.52 bits per heavy atom. The van der Waals surface area contributed by atoms with Gasteiger partial charge in [-0.2, -0.15) is 0 Å². The van der Waals surface area contributed by atoms with Crippen molar-refractivity contribution in [3.8, 4) is 11.5 Å². The Kier molecular flexibility index (Phi) is 4.94. The lowest BCUT2D eigenvalue weighted by Gasteiger charge is -2.07. The number of esters is 1. The van der Waals surface area contributed by atoms with E-state index in [2.05, 4.69) is 4.74 Å². The predicted molar refractivity (Wildman–Crippen MR) is 96.6 cm³/mol. The van der Waals surface area contributed by atoms with E-state index in [1.165, 1.54) is 7.11 Å². The maximum absolute atomic E-state index is 12.6. The van der Waals surface area contributed by atoms with Crippen molar-refractivity contribution in [1.29, 1.82) is 0 Å². The highest BCUT2D eigenvalue weighted by molar-refractivity contribution is 6.15. The zero-order valence-electron chi connectivity index (χ0n) is 14.8. The van der Waals surface area contributed by atoms with E-state index in [0.717, 1.165) is 0 Å². The molecule has 1 aliphatic heterocycles. The first kappa shape index (κ1) is 18.2. The van der Waals surface area contributed by atoms with E-state index in [1.54, 1.807) is 49.4 Å². The molecule has 0 saturated carbocycles. The van der Waals surface area contributed by atoms with E-state index in [0.29, 0.717) is 33.8 Å². The number of benzene rings is 2. The Morgan fingerprint density at radius 2 is 1.89 bits per heavy atom. The van der Waals surface area contributed by atoms with Crippen LogP contribution in [0.25, 0.3) is 6.08 Å². The number of hydrogen-bond donors (Lipinski definition) is 1. The second kappa shape index (κ2) is 7.33. The van der Waals surface area contributed by atoms with Crippen molar-refractivity contribution in [2.24, 2.45) is 5.73 Å². The van der Waals surface area contributed by atoms with Crippen molar-refractivity contribution in [3.63, 3.8) is 0 Å². The summed E-state index contributed by atoms with van der Waals surface area (Å²) in [6, 6.07) is 9.78. The Bertz CT molecular complexity index is 959. The molecular weight excluding hydrogens is 350 g/mol. The van der Waals surface area contributed by atoms with Crippen LogP contribution in [0.1, 0.15) is 31.8 Å². The number of ether oxygens (including phenoxy) is 3. The Labute approximate surface area is 155 Å². The lowest BCUT2D eigenvalue weighted by Crippen LogP contribution is -2.20. The van der Waals surface area contributed by atoms with E-state index < -0.39 is 11.9 Å². The predicted octanol–water partition coefficient (Wildman–Crippen LogP) is 2.26. The summed E-state index contributed by atoms with van der Waals surface area (Å²) in [7, 11) is 1.31. The van der Waals surface area contributed by atoms with Crippen LogP contribution in [0.4, 0.5) is 0 Å². The number of hydrogen-bond acceptors (Lipinski definition) is 6. The molecule has 3 rings (SSSR count). The fourth-order valence-electron chi connectivity index (χ4n) is 2.70. The molecule has 138 valence electrons. The van der Waals surface area contributed by atoms with Crippen LogP contribution in [0.3, 0.4) is 0 Å². The molecule has 1 amide bonds. The van der Waals surface area contributed by atoms with Crippen molar-refractivity contribution in [1.82, 2.24) is 0 Å². The second-order valence-corrected chi connectivity index (χ2v) is 5.92. The summed E-state index contributed by atoms with van der Waals surface area (Å²) in [6.45, 7) is 1.49. The molecule has 27 heavy (non-hydrogen) atoms. The van der Waals surface area contributed by atoms with Gasteiger partial charge in [0.25, 0.3) is 5.91 Å². The largest absolute Gasteiger partial charge is 0.484 e. The van der Waals surface area contributed by atoms with Crippen LogP contribution < -0.4 is 15.2 Å². The van der Waals surface area contributed by atoms with E-state index in [4.69, 9.17) is 15.2 Å². The van der Waals surface area contributed by atoms with Gasteiger partial charge in [0.15, 0.2) is 12.4 Å². The van der Waals surface area contributed by atoms with Gasteiger partial charge in [0.1, 0.15) is 11.5 Å². The van der Waals surface area contributed by atoms with Gasteiger partial charge in [0, 0.05) is 6.07 Å². The van der Waals surface area contributed by atoms with Gasteiger partial charge in [-0.3, -0.25) is 9.59 Å². The molecule has 0 radical (unpaired) electrons. The minimum absolute atomic E-state index is 0.158. The monoisotopic (exact) mass is 367 g/mol. The topological polar surface area (TPSA) is 105 Å². The average Bonchev–Trinajstić information content (AvgIpc) is 2.96. The summed E-state index contributed by atoms with van der Waals surface area (Å²) in [5.41, 5.74) is 7.29. The number of amides is 1. The molecule has 0 spiro atoms. The minimum Gasteiger partial charge on any atom is -0.484 e. The molecule has 0 aromatic heterocycles. The molecule has 0 atom stereocenters. The number of Topliss-reactive ketones (excluding diaryl/α,β-unsaturated/α-hetero) is 1. The number of primary amides is 1. The quantitative estimate of drug-likeness (QED) is 0.642. The first-order chi connectivity index (χ1) is 12.9. The molecule has 0 bridgehead atoms. The van der Waals surface area contributed by atoms with Crippen molar-refractivity contribution in [3.05, 3.63) is 64.4 Å². The third-order valence-corrected chi connectivity index (χ3v) is 3.95. The number of allylic oxidation sites excluding steroid dienone is 1. The highest BCUT2D eigenvalue weighted by Crippen LogP contribution is 2.37. The van der Waals surface area contributed by atoms with Crippen LogP contribution in [-0.4, -0.2) is 31.4 Å². The minimum atomic E-state index is -0.596. The third-order valence-electron chi connectivity index (χ3n) is 3.95. The first-order valence-electron chi connectivity index (χ1n) is 8.07. The molecular formula is C20H17NO6. The number of carbonyl (C=O) groups is 3. The molecule has 7 nitrogen and oxygen atoms in total. The van der Waals surface area contributed by atoms with E-state index in [1.807, 2.05) is 0 Å². The summed E-state index contributed by atoms with van der Waals surface area (Å²) in [5, 5.41) is 0. The molecule has 0 fully saturated rings. The molecule has 0 saturated heterocycles. The zero-order valence-corrected chi connectivity index (χ0v) is 14.8. The first-order valence-corrected chi connectivity index (χ1v) is 8.07. The van der Waals surface area contributed by atoms with E-state index >= 15 is 0 Å². The fourth-order valence-corrected chi connectivity index (χ4v) is 2.70. The summed E-state index contributed by atoms with van der Waals surface area (Å²) >= 11 is 0. The highest BCUT2D eigenvalue weighted by Gasteiger charge is 2.30. The van der Waals surface area contributed by atoms with Crippen molar-refractivity contribution in [2.45, 2.75) is 6.92 Å². The SMILES string of the molecule is COC(=O)c1ccc(/C=C2\Oc3cc(OCC(N)=O)cc(C)c3C2=O)cc1. The third kappa shape index (κ3) is 3.82. The van der Waals surface area contributed by atoms with Gasteiger partial charge < -0.3 is 19.9 Å². The van der Waals surface area contributed by atoms with Crippen LogP contribution in [0.15, 0.2) is 42.2 Å². The van der Waals surface area contributed by atoms with Crippen LogP contribution in [0, 0.1) is 6.92 Å². The van der Waals surface area contributed by atoms with E-state index in [-0.39, 0.29) is 18.1 Å². The molecule has 2 aromatic carbocycles. The molecule has 0 aliphatic carbocycles. The highest BCUT2D eigenvalue weighted by atomic mass is 16.5. The van der Waals surface area contributed by atoms with E-state index in [9.17, 15) is 14.4 Å². The summed E-state index contributed by atoms with van der Waals surface area (Å²) in [4.78, 5) is 35.0. The Balaban J connectivity index is 1.85. The van der Waals surface area contributed by atoms with Gasteiger partial charge in [-0.05, 0) is 42.3 Å². The Morgan fingerprint density at radius 1 is 1.19 bits per heavy atom. The number of carbonyl (C=O) groups excluding carboxylic acids is 3. The Hall–Kier alpha value is -3.61. The number of aryl methyl sites for hydroxylation is 1. The van der Waals surface area contributed by atoms with Crippen LogP contribution >= 0.6 is 0 Å². The molecule has 2 N–H and O–H groups in total. The van der Waals surface area contributed by atoms with Crippen molar-refractivity contribution < 1.29 is 28.6 Å². The standard InChI is InChI=1S/C20H17NO6/c1-11-7-14(26-10-17(21)22)9-15-18(11)19(23)16(27-15)8-12-3-5-13(6-4-12)20(24)25-2/h3-9H,10H2,1-2H3,(H2,21,22)/b16-8-. The second-order valence-electron chi connectivity index (χ2n) is 5.92. The van der Waals surface area contributed by atoms with Crippen LogP contribution in [0.2, 0.25) is 0 Å². The van der Waals surface area contributed by atoms with Crippen LogP contribution in [0.5, 0.6) is 11.5 Å². The summed E-state index contributed by atoms with van der Waals surface area (Å²) in [6.07, 6.45) is 1.59. The van der Waals surface area contributed by atoms with Gasteiger partial charge >= 0.3 is 5.97 Å². The fraction of sp³-hybridized carbons (Fsp3) is 0.150. The normalized spacial score (nSPS) is 13.9. The zero-order chi connectivity index (χ0) is 19.6. The molecule has 2 aromatic rings. The number of rotatable bonds is 5. The van der Waals surface area contributed by atoms with Gasteiger partial charge in [-0.15, -0.1) is 0 Å². The molecule has 0 unspecified atom stereocenters. The number of methoxy groups -OCH3 is 1. The van der Waals surface area contributed by atoms with Crippen molar-refractivity contribution in [2.75, 3.05) is 13.7 Å². The number of nitrogens with two attached hydrogens (primary N) is 1. The molecule has 1 heterocycles. The van der Waals surface area contributed by atoms with Gasteiger partial charge in [0.2, 0.25) is 5.78 Å². The molecule has 1 aliphatic rings. The summed E-state index contributed by atoms with van der Waals surface area (Å²) < 4.78 is 15.6. The number of fused-ring (bicyclic) bond motifs is 1. The maximum Gasteiger partial charge on any atom is 0.337 e.